The van der Waals surface area contributed by atoms with Crippen molar-refractivity contribution >= 4 is 0 Å². The van der Waals surface area contributed by atoms with Crippen LogP contribution in [0.2, 0.25) is 0 Å². The van der Waals surface area contributed by atoms with Gasteiger partial charge in [-0.1, -0.05) is 6.07 Å². The number of aryl methyl sites for hydroxylation is 1. The summed E-state index contributed by atoms with van der Waals surface area (Å²) in [6, 6.07) is 7.48. The number of nitrogens with zero attached hydrogens (tertiary/aromatic N) is 4. The number of imidazole rings is 1. The van der Waals surface area contributed by atoms with E-state index in [1.54, 1.807) is 0 Å². The van der Waals surface area contributed by atoms with Gasteiger partial charge in [-0.25, -0.2) is 4.98 Å². The van der Waals surface area contributed by atoms with Gasteiger partial charge in [0.1, 0.15) is 0 Å². The molecule has 2 saturated heterocycles. The molecule has 5 heteroatoms. The van der Waals surface area contributed by atoms with Gasteiger partial charge in [0.25, 0.3) is 0 Å². The van der Waals surface area contributed by atoms with Gasteiger partial charge >= 0.3 is 0 Å². The predicted octanol–water partition coefficient (Wildman–Crippen LogP) is 2.87. The minimum absolute atomic E-state index is 0.387. The van der Waals surface area contributed by atoms with E-state index in [4.69, 9.17) is 4.74 Å². The molecular formula is C21H30N4O. The predicted molar refractivity (Wildman–Crippen MR) is 104 cm³/mol. The van der Waals surface area contributed by atoms with E-state index in [9.17, 15) is 0 Å². The zero-order valence-corrected chi connectivity index (χ0v) is 16.0. The quantitative estimate of drug-likeness (QED) is 0.845. The van der Waals surface area contributed by atoms with Gasteiger partial charge in [-0.3, -0.25) is 9.80 Å². The monoisotopic (exact) mass is 354 g/mol. The Morgan fingerprint density at radius 3 is 2.73 bits per heavy atom. The van der Waals surface area contributed by atoms with Crippen LogP contribution in [-0.2, 0) is 11.3 Å². The maximum atomic E-state index is 5.69. The van der Waals surface area contributed by atoms with Crippen LogP contribution in [0.25, 0.3) is 5.69 Å². The summed E-state index contributed by atoms with van der Waals surface area (Å²) >= 11 is 0. The minimum atomic E-state index is 0.387. The lowest BCUT2D eigenvalue weighted by Gasteiger charge is -2.41. The molecule has 3 heterocycles. The summed E-state index contributed by atoms with van der Waals surface area (Å²) < 4.78 is 7.75. The Morgan fingerprint density at radius 2 is 2.04 bits per heavy atom. The standard InChI is InChI=1S/C21H30N4O/c1-17-13-21(25-10-7-22-16-25)4-3-19(17)15-23-8-5-20(6-9-23)24-11-12-26-18(2)14-24/h3-4,7,10,13,16,18,20H,5-6,8-9,11-12,14-15H2,1-2H3/t18-/m0/s1. The van der Waals surface area contributed by atoms with E-state index in [2.05, 4.69) is 51.4 Å². The minimum Gasteiger partial charge on any atom is -0.376 e. The molecule has 0 N–H and O–H groups in total. The number of ether oxygens (including phenoxy) is 1. The molecule has 2 aliphatic heterocycles. The van der Waals surface area contributed by atoms with Crippen LogP contribution in [0.3, 0.4) is 0 Å². The number of hydrogen-bond donors (Lipinski definition) is 0. The van der Waals surface area contributed by atoms with Crippen molar-refractivity contribution in [2.75, 3.05) is 32.8 Å². The van der Waals surface area contributed by atoms with E-state index in [0.29, 0.717) is 6.10 Å². The van der Waals surface area contributed by atoms with Gasteiger partial charge in [0.15, 0.2) is 0 Å². The van der Waals surface area contributed by atoms with Crippen LogP contribution in [0.1, 0.15) is 30.9 Å². The maximum absolute atomic E-state index is 5.69. The van der Waals surface area contributed by atoms with E-state index >= 15 is 0 Å². The van der Waals surface area contributed by atoms with Crippen LogP contribution in [0.5, 0.6) is 0 Å². The van der Waals surface area contributed by atoms with E-state index in [1.807, 2.05) is 18.7 Å². The molecule has 2 fully saturated rings. The molecule has 26 heavy (non-hydrogen) atoms. The highest BCUT2D eigenvalue weighted by Crippen LogP contribution is 2.22. The third kappa shape index (κ3) is 4.00. The second-order valence-corrected chi connectivity index (χ2v) is 7.76. The fourth-order valence-electron chi connectivity index (χ4n) is 4.29. The fraction of sp³-hybridized carbons (Fsp3) is 0.571. The first-order chi connectivity index (χ1) is 12.7. The number of rotatable bonds is 4. The van der Waals surface area contributed by atoms with Gasteiger partial charge in [0.05, 0.1) is 19.0 Å². The van der Waals surface area contributed by atoms with Gasteiger partial charge in [-0.15, -0.1) is 0 Å². The summed E-state index contributed by atoms with van der Waals surface area (Å²) in [6.45, 7) is 10.9. The highest BCUT2D eigenvalue weighted by Gasteiger charge is 2.27. The first kappa shape index (κ1) is 17.7. The van der Waals surface area contributed by atoms with Gasteiger partial charge < -0.3 is 9.30 Å². The SMILES string of the molecule is Cc1cc(-n2ccnc2)ccc1CN1CCC(N2CCO[C@@H](C)C2)CC1. The molecule has 1 aromatic heterocycles. The van der Waals surface area contributed by atoms with Crippen molar-refractivity contribution < 1.29 is 4.74 Å². The van der Waals surface area contributed by atoms with Crippen molar-refractivity contribution in [3.63, 3.8) is 0 Å². The number of hydrogen-bond acceptors (Lipinski definition) is 4. The number of aromatic nitrogens is 2. The first-order valence-electron chi connectivity index (χ1n) is 9.85. The van der Waals surface area contributed by atoms with Crippen molar-refractivity contribution in [1.82, 2.24) is 19.4 Å². The van der Waals surface area contributed by atoms with Crippen molar-refractivity contribution in [3.8, 4) is 5.69 Å². The Bertz CT molecular complexity index is 707. The van der Waals surface area contributed by atoms with Crippen molar-refractivity contribution in [1.29, 1.82) is 0 Å². The smallest absolute Gasteiger partial charge is 0.0991 e. The number of piperidine rings is 1. The van der Waals surface area contributed by atoms with Crippen molar-refractivity contribution in [2.24, 2.45) is 0 Å². The molecule has 0 radical (unpaired) electrons. The van der Waals surface area contributed by atoms with Crippen molar-refractivity contribution in [2.45, 2.75) is 45.4 Å². The average Bonchev–Trinajstić information content (AvgIpc) is 3.19. The van der Waals surface area contributed by atoms with Gasteiger partial charge in [0.2, 0.25) is 0 Å². The van der Waals surface area contributed by atoms with Crippen LogP contribution in [0, 0.1) is 6.92 Å². The third-order valence-corrected chi connectivity index (χ3v) is 5.87. The normalized spacial score (nSPS) is 23.4. The summed E-state index contributed by atoms with van der Waals surface area (Å²) in [6.07, 6.45) is 8.61. The van der Waals surface area contributed by atoms with Gasteiger partial charge in [-0.2, -0.15) is 0 Å². The van der Waals surface area contributed by atoms with Crippen LogP contribution in [0.15, 0.2) is 36.9 Å². The molecule has 0 spiro atoms. The molecule has 0 saturated carbocycles. The summed E-state index contributed by atoms with van der Waals surface area (Å²) in [7, 11) is 0. The highest BCUT2D eigenvalue weighted by atomic mass is 16.5. The highest BCUT2D eigenvalue weighted by molar-refractivity contribution is 5.40. The van der Waals surface area contributed by atoms with E-state index in [0.717, 1.165) is 32.3 Å². The van der Waals surface area contributed by atoms with E-state index in [1.165, 1.54) is 42.7 Å². The Labute approximate surface area is 156 Å². The molecule has 0 aliphatic carbocycles. The molecule has 140 valence electrons. The summed E-state index contributed by atoms with van der Waals surface area (Å²) in [5.41, 5.74) is 3.98. The second kappa shape index (κ2) is 7.91. The molecule has 0 bridgehead atoms. The molecule has 1 aromatic carbocycles. The van der Waals surface area contributed by atoms with Gasteiger partial charge in [0, 0.05) is 43.8 Å². The zero-order valence-electron chi connectivity index (χ0n) is 16.0. The van der Waals surface area contributed by atoms with Gasteiger partial charge in [-0.05, 0) is 63.0 Å². The first-order valence-corrected chi connectivity index (χ1v) is 9.85. The molecule has 0 amide bonds. The third-order valence-electron chi connectivity index (χ3n) is 5.87. The lowest BCUT2D eigenvalue weighted by molar-refractivity contribution is -0.0437. The summed E-state index contributed by atoms with van der Waals surface area (Å²) in [5.74, 6) is 0. The summed E-state index contributed by atoms with van der Waals surface area (Å²) in [4.78, 5) is 9.40. The average molecular weight is 354 g/mol. The Kier molecular flexibility index (Phi) is 5.38. The molecule has 2 aliphatic rings. The van der Waals surface area contributed by atoms with Crippen LogP contribution in [-0.4, -0.2) is 64.3 Å². The van der Waals surface area contributed by atoms with E-state index in [-0.39, 0.29) is 0 Å². The van der Waals surface area contributed by atoms with Crippen LogP contribution in [0.4, 0.5) is 0 Å². The largest absolute Gasteiger partial charge is 0.376 e. The number of benzene rings is 1. The lowest BCUT2D eigenvalue weighted by Crippen LogP contribution is -2.50. The number of morpholine rings is 1. The molecule has 0 unspecified atom stereocenters. The molecule has 1 atom stereocenters. The molecule has 5 nitrogen and oxygen atoms in total. The Hall–Kier alpha value is -1.69. The molecule has 2 aromatic rings. The molecule has 4 rings (SSSR count). The van der Waals surface area contributed by atoms with Crippen molar-refractivity contribution in [3.05, 3.63) is 48.0 Å². The summed E-state index contributed by atoms with van der Waals surface area (Å²) in [5, 5.41) is 0. The van der Waals surface area contributed by atoms with E-state index < -0.39 is 0 Å². The van der Waals surface area contributed by atoms with Crippen LogP contribution < -0.4 is 0 Å². The van der Waals surface area contributed by atoms with Crippen LogP contribution >= 0.6 is 0 Å². The second-order valence-electron chi connectivity index (χ2n) is 7.76. The fourth-order valence-corrected chi connectivity index (χ4v) is 4.29. The Morgan fingerprint density at radius 1 is 1.19 bits per heavy atom. The Balaban J connectivity index is 1.33. The zero-order chi connectivity index (χ0) is 17.9. The maximum Gasteiger partial charge on any atom is 0.0991 e. The molecular weight excluding hydrogens is 324 g/mol. The topological polar surface area (TPSA) is 33.5 Å². The number of likely N-dealkylation sites (tertiary alicyclic amines) is 1. The lowest BCUT2D eigenvalue weighted by atomic mass is 10.0.